The lowest BCUT2D eigenvalue weighted by molar-refractivity contribution is 0.127. The van der Waals surface area contributed by atoms with Crippen LogP contribution in [0.3, 0.4) is 0 Å². The second-order valence-electron chi connectivity index (χ2n) is 6.35. The number of nitrogens with one attached hydrogen (secondary N) is 1. The van der Waals surface area contributed by atoms with Crippen molar-refractivity contribution in [2.75, 3.05) is 25.5 Å². The summed E-state index contributed by atoms with van der Waals surface area (Å²) in [5, 5.41) is 2.78. The van der Waals surface area contributed by atoms with Gasteiger partial charge in [-0.15, -0.1) is 0 Å². The van der Waals surface area contributed by atoms with Gasteiger partial charge >= 0.3 is 6.09 Å². The summed E-state index contributed by atoms with van der Waals surface area (Å²) >= 11 is 5.88. The standard InChI is InChI=1S/C19H19ClF2N2O2/c1-24-6-2-3-16(24)11-26-19(25)23-18-5-4-14(21)10-17(18)12-7-13(20)9-15(22)8-12/h4-5,7-10,16H,2-3,6,11H2,1H3,(H,23,25)/t16-/m0/s1. The van der Waals surface area contributed by atoms with E-state index < -0.39 is 17.7 Å². The summed E-state index contributed by atoms with van der Waals surface area (Å²) in [5.74, 6) is -1.05. The third-order valence-corrected chi connectivity index (χ3v) is 4.69. The zero-order valence-corrected chi connectivity index (χ0v) is 15.0. The molecule has 0 spiro atoms. The van der Waals surface area contributed by atoms with Crippen LogP contribution >= 0.6 is 11.6 Å². The molecular weight excluding hydrogens is 362 g/mol. The van der Waals surface area contributed by atoms with Crippen molar-refractivity contribution in [1.82, 2.24) is 4.90 Å². The van der Waals surface area contributed by atoms with Crippen LogP contribution in [0.1, 0.15) is 12.8 Å². The van der Waals surface area contributed by atoms with Gasteiger partial charge in [-0.25, -0.2) is 13.6 Å². The average molecular weight is 381 g/mol. The summed E-state index contributed by atoms with van der Waals surface area (Å²) < 4.78 is 32.6. The van der Waals surface area contributed by atoms with Gasteiger partial charge < -0.3 is 9.64 Å². The molecule has 1 atom stereocenters. The van der Waals surface area contributed by atoms with Crippen molar-refractivity contribution in [2.45, 2.75) is 18.9 Å². The number of benzene rings is 2. The van der Waals surface area contributed by atoms with Crippen LogP contribution in [0.5, 0.6) is 0 Å². The van der Waals surface area contributed by atoms with Gasteiger partial charge in [0, 0.05) is 16.6 Å². The van der Waals surface area contributed by atoms with Crippen LogP contribution in [-0.2, 0) is 4.74 Å². The highest BCUT2D eigenvalue weighted by atomic mass is 35.5. The summed E-state index contributed by atoms with van der Waals surface area (Å²) in [6, 6.07) is 7.93. The fraction of sp³-hybridized carbons (Fsp3) is 0.316. The molecule has 1 N–H and O–H groups in total. The molecular formula is C19H19ClF2N2O2. The first kappa shape index (κ1) is 18.6. The Morgan fingerprint density at radius 3 is 2.77 bits per heavy atom. The van der Waals surface area contributed by atoms with Gasteiger partial charge in [0.1, 0.15) is 18.2 Å². The molecule has 0 saturated carbocycles. The van der Waals surface area contributed by atoms with Gasteiger partial charge in [-0.1, -0.05) is 11.6 Å². The minimum atomic E-state index is -0.638. The average Bonchev–Trinajstić information content (AvgIpc) is 2.99. The summed E-state index contributed by atoms with van der Waals surface area (Å²) in [6.07, 6.45) is 1.42. The monoisotopic (exact) mass is 380 g/mol. The van der Waals surface area contributed by atoms with Crippen molar-refractivity contribution >= 4 is 23.4 Å². The number of amides is 1. The Bertz CT molecular complexity index is 796. The van der Waals surface area contributed by atoms with E-state index in [1.807, 2.05) is 7.05 Å². The van der Waals surface area contributed by atoms with E-state index >= 15 is 0 Å². The quantitative estimate of drug-likeness (QED) is 0.817. The number of hydrogen-bond donors (Lipinski definition) is 1. The molecule has 138 valence electrons. The number of nitrogens with zero attached hydrogens (tertiary/aromatic N) is 1. The first-order chi connectivity index (χ1) is 12.4. The van der Waals surface area contributed by atoms with Crippen LogP contribution in [0.4, 0.5) is 19.3 Å². The molecule has 1 amide bonds. The predicted octanol–water partition coefficient (Wildman–Crippen LogP) is 4.93. The van der Waals surface area contributed by atoms with Gasteiger partial charge in [0.15, 0.2) is 0 Å². The first-order valence-electron chi connectivity index (χ1n) is 8.32. The molecule has 1 saturated heterocycles. The molecule has 2 aromatic carbocycles. The van der Waals surface area contributed by atoms with E-state index in [-0.39, 0.29) is 17.7 Å². The number of hydrogen-bond acceptors (Lipinski definition) is 3. The molecule has 3 rings (SSSR count). The zero-order valence-electron chi connectivity index (χ0n) is 14.3. The Balaban J connectivity index is 1.76. The number of carbonyl (C=O) groups excluding carboxylic acids is 1. The van der Waals surface area contributed by atoms with Gasteiger partial charge in [0.2, 0.25) is 0 Å². The molecule has 0 aliphatic carbocycles. The van der Waals surface area contributed by atoms with E-state index in [0.29, 0.717) is 16.8 Å². The molecule has 4 nitrogen and oxygen atoms in total. The minimum absolute atomic E-state index is 0.182. The maximum absolute atomic E-state index is 13.7. The van der Waals surface area contributed by atoms with E-state index in [1.165, 1.54) is 30.3 Å². The number of rotatable bonds is 4. The normalized spacial score (nSPS) is 17.3. The molecule has 0 bridgehead atoms. The van der Waals surface area contributed by atoms with Crippen molar-refractivity contribution in [3.63, 3.8) is 0 Å². The second kappa shape index (κ2) is 8.01. The minimum Gasteiger partial charge on any atom is -0.448 e. The fourth-order valence-corrected chi connectivity index (χ4v) is 3.30. The van der Waals surface area contributed by atoms with Crippen molar-refractivity contribution in [3.8, 4) is 11.1 Å². The van der Waals surface area contributed by atoms with E-state index in [2.05, 4.69) is 10.2 Å². The maximum atomic E-state index is 13.7. The molecule has 26 heavy (non-hydrogen) atoms. The van der Waals surface area contributed by atoms with Crippen LogP contribution in [0, 0.1) is 11.6 Å². The first-order valence-corrected chi connectivity index (χ1v) is 8.70. The van der Waals surface area contributed by atoms with Crippen molar-refractivity contribution in [3.05, 3.63) is 53.1 Å². The number of halogens is 3. The van der Waals surface area contributed by atoms with Crippen LogP contribution < -0.4 is 5.32 Å². The van der Waals surface area contributed by atoms with Crippen LogP contribution in [0.25, 0.3) is 11.1 Å². The molecule has 1 aliphatic heterocycles. The fourth-order valence-electron chi connectivity index (χ4n) is 3.08. The molecule has 0 radical (unpaired) electrons. The summed E-state index contributed by atoms with van der Waals surface area (Å²) in [5.41, 5.74) is 1.000. The van der Waals surface area contributed by atoms with Crippen molar-refractivity contribution in [2.24, 2.45) is 0 Å². The number of carbonyl (C=O) groups is 1. The van der Waals surface area contributed by atoms with Crippen LogP contribution in [-0.4, -0.2) is 37.2 Å². The Morgan fingerprint density at radius 2 is 2.08 bits per heavy atom. The molecule has 0 aromatic heterocycles. The topological polar surface area (TPSA) is 41.6 Å². The summed E-state index contributed by atoms with van der Waals surface area (Å²) in [7, 11) is 1.99. The van der Waals surface area contributed by atoms with Gasteiger partial charge in [-0.2, -0.15) is 0 Å². The third kappa shape index (κ3) is 4.51. The van der Waals surface area contributed by atoms with E-state index in [4.69, 9.17) is 16.3 Å². The lowest BCUT2D eigenvalue weighted by Gasteiger charge is -2.19. The highest BCUT2D eigenvalue weighted by Gasteiger charge is 2.22. The summed E-state index contributed by atoms with van der Waals surface area (Å²) in [6.45, 7) is 1.27. The van der Waals surface area contributed by atoms with Gasteiger partial charge in [0.05, 0.1) is 5.69 Å². The number of anilines is 1. The molecule has 1 heterocycles. The second-order valence-corrected chi connectivity index (χ2v) is 6.78. The molecule has 7 heteroatoms. The molecule has 1 fully saturated rings. The van der Waals surface area contributed by atoms with Gasteiger partial charge in [-0.05, 0) is 68.4 Å². The third-order valence-electron chi connectivity index (χ3n) is 4.47. The highest BCUT2D eigenvalue weighted by molar-refractivity contribution is 6.30. The van der Waals surface area contributed by atoms with Gasteiger partial charge in [-0.3, -0.25) is 5.32 Å². The largest absolute Gasteiger partial charge is 0.448 e. The molecule has 0 unspecified atom stereocenters. The van der Waals surface area contributed by atoms with Gasteiger partial charge in [0.25, 0.3) is 0 Å². The van der Waals surface area contributed by atoms with Crippen LogP contribution in [0.2, 0.25) is 5.02 Å². The lowest BCUT2D eigenvalue weighted by Crippen LogP contribution is -2.31. The lowest BCUT2D eigenvalue weighted by atomic mass is 10.0. The summed E-state index contributed by atoms with van der Waals surface area (Å²) in [4.78, 5) is 14.3. The Kier molecular flexibility index (Phi) is 5.74. The smallest absolute Gasteiger partial charge is 0.411 e. The Morgan fingerprint density at radius 1 is 1.27 bits per heavy atom. The Hall–Kier alpha value is -2.18. The highest BCUT2D eigenvalue weighted by Crippen LogP contribution is 2.31. The van der Waals surface area contributed by atoms with E-state index in [9.17, 15) is 13.6 Å². The molecule has 1 aliphatic rings. The number of likely N-dealkylation sites (N-methyl/N-ethyl adjacent to an activating group) is 1. The van der Waals surface area contributed by atoms with E-state index in [1.54, 1.807) is 0 Å². The van der Waals surface area contributed by atoms with Crippen LogP contribution in [0.15, 0.2) is 36.4 Å². The van der Waals surface area contributed by atoms with Crippen molar-refractivity contribution in [1.29, 1.82) is 0 Å². The van der Waals surface area contributed by atoms with E-state index in [0.717, 1.165) is 25.5 Å². The number of likely N-dealkylation sites (tertiary alicyclic amines) is 1. The number of ether oxygens (including phenoxy) is 1. The predicted molar refractivity (Wildman–Crippen MR) is 97.4 cm³/mol. The van der Waals surface area contributed by atoms with Crippen molar-refractivity contribution < 1.29 is 18.3 Å². The SMILES string of the molecule is CN1CCC[C@H]1COC(=O)Nc1ccc(F)cc1-c1cc(F)cc(Cl)c1. The molecule has 2 aromatic rings. The zero-order chi connectivity index (χ0) is 18.7. The Labute approximate surface area is 155 Å². The maximum Gasteiger partial charge on any atom is 0.411 e.